The van der Waals surface area contributed by atoms with Crippen molar-refractivity contribution >= 4 is 23.6 Å². The SMILES string of the molecule is COc1cc(C=CC(=O)N2CCC(N)C2)cc(Cl)c1OC(C)C. The van der Waals surface area contributed by atoms with E-state index >= 15 is 0 Å². The summed E-state index contributed by atoms with van der Waals surface area (Å²) in [6, 6.07) is 3.62. The first-order valence-electron chi connectivity index (χ1n) is 7.67. The third kappa shape index (κ3) is 4.62. The van der Waals surface area contributed by atoms with E-state index in [2.05, 4.69) is 0 Å². The van der Waals surface area contributed by atoms with Gasteiger partial charge in [-0.1, -0.05) is 11.6 Å². The van der Waals surface area contributed by atoms with Crippen molar-refractivity contribution in [1.82, 2.24) is 4.90 Å². The zero-order valence-electron chi connectivity index (χ0n) is 13.7. The maximum Gasteiger partial charge on any atom is 0.246 e. The van der Waals surface area contributed by atoms with E-state index in [0.717, 1.165) is 12.0 Å². The van der Waals surface area contributed by atoms with Crippen LogP contribution >= 0.6 is 11.6 Å². The molecule has 0 spiro atoms. The molecule has 5 nitrogen and oxygen atoms in total. The number of amides is 1. The molecule has 23 heavy (non-hydrogen) atoms. The average molecular weight is 339 g/mol. The van der Waals surface area contributed by atoms with Gasteiger partial charge < -0.3 is 20.1 Å². The number of hydrogen-bond donors (Lipinski definition) is 1. The van der Waals surface area contributed by atoms with Gasteiger partial charge in [-0.25, -0.2) is 0 Å². The number of rotatable bonds is 5. The molecule has 0 aliphatic carbocycles. The minimum Gasteiger partial charge on any atom is -0.493 e. The van der Waals surface area contributed by atoms with Gasteiger partial charge in [0.25, 0.3) is 0 Å². The van der Waals surface area contributed by atoms with Gasteiger partial charge in [-0.05, 0) is 44.0 Å². The molecule has 2 N–H and O–H groups in total. The second kappa shape index (κ2) is 7.70. The molecule has 1 aromatic carbocycles. The van der Waals surface area contributed by atoms with E-state index in [1.54, 1.807) is 30.2 Å². The molecule has 0 aromatic heterocycles. The second-order valence-electron chi connectivity index (χ2n) is 5.87. The fourth-order valence-electron chi connectivity index (χ4n) is 2.45. The summed E-state index contributed by atoms with van der Waals surface area (Å²) in [4.78, 5) is 13.9. The molecule has 126 valence electrons. The predicted molar refractivity (Wildman–Crippen MR) is 92.0 cm³/mol. The molecule has 2 rings (SSSR count). The number of carbonyl (C=O) groups excluding carboxylic acids is 1. The van der Waals surface area contributed by atoms with Crippen molar-refractivity contribution < 1.29 is 14.3 Å². The van der Waals surface area contributed by atoms with E-state index in [1.165, 1.54) is 6.08 Å². The number of nitrogens with zero attached hydrogens (tertiary/aromatic N) is 1. The highest BCUT2D eigenvalue weighted by Gasteiger charge is 2.21. The van der Waals surface area contributed by atoms with Gasteiger partial charge in [0.15, 0.2) is 11.5 Å². The summed E-state index contributed by atoms with van der Waals surface area (Å²) in [7, 11) is 1.56. The highest BCUT2D eigenvalue weighted by atomic mass is 35.5. The largest absolute Gasteiger partial charge is 0.493 e. The van der Waals surface area contributed by atoms with Gasteiger partial charge in [0.1, 0.15) is 0 Å². The fraction of sp³-hybridized carbons (Fsp3) is 0.471. The Hall–Kier alpha value is -1.72. The molecule has 1 unspecified atom stereocenters. The zero-order valence-corrected chi connectivity index (χ0v) is 14.5. The molecule has 1 aliphatic rings. The number of methoxy groups -OCH3 is 1. The van der Waals surface area contributed by atoms with Crippen LogP contribution in [0.2, 0.25) is 5.02 Å². The third-order valence-corrected chi connectivity index (χ3v) is 3.84. The van der Waals surface area contributed by atoms with E-state index in [-0.39, 0.29) is 18.1 Å². The number of ether oxygens (including phenoxy) is 2. The topological polar surface area (TPSA) is 64.8 Å². The van der Waals surface area contributed by atoms with Gasteiger partial charge >= 0.3 is 0 Å². The van der Waals surface area contributed by atoms with Crippen LogP contribution in [0.25, 0.3) is 6.08 Å². The van der Waals surface area contributed by atoms with E-state index in [4.69, 9.17) is 26.8 Å². The smallest absolute Gasteiger partial charge is 0.246 e. The summed E-state index contributed by atoms with van der Waals surface area (Å²) in [5, 5.41) is 0.452. The van der Waals surface area contributed by atoms with Crippen LogP contribution in [0.1, 0.15) is 25.8 Å². The number of nitrogens with two attached hydrogens (primary N) is 1. The summed E-state index contributed by atoms with van der Waals surface area (Å²) in [5.41, 5.74) is 6.60. The Morgan fingerprint density at radius 3 is 2.78 bits per heavy atom. The first-order chi connectivity index (χ1) is 10.9. The first kappa shape index (κ1) is 17.6. The highest BCUT2D eigenvalue weighted by molar-refractivity contribution is 6.32. The maximum absolute atomic E-state index is 12.1. The molecule has 0 bridgehead atoms. The predicted octanol–water partition coefficient (Wildman–Crippen LogP) is 2.71. The molecule has 1 amide bonds. The summed E-state index contributed by atoms with van der Waals surface area (Å²) in [6.45, 7) is 5.15. The number of likely N-dealkylation sites (tertiary alicyclic amines) is 1. The van der Waals surface area contributed by atoms with Crippen molar-refractivity contribution in [2.24, 2.45) is 5.73 Å². The summed E-state index contributed by atoms with van der Waals surface area (Å²) in [5.74, 6) is 1.01. The van der Waals surface area contributed by atoms with Crippen LogP contribution in [0.15, 0.2) is 18.2 Å². The highest BCUT2D eigenvalue weighted by Crippen LogP contribution is 2.37. The van der Waals surface area contributed by atoms with Crippen LogP contribution in [0, 0.1) is 0 Å². The zero-order chi connectivity index (χ0) is 17.0. The molecule has 1 aromatic rings. The molecule has 6 heteroatoms. The number of halogens is 1. The molecular formula is C17H23ClN2O3. The van der Waals surface area contributed by atoms with E-state index in [9.17, 15) is 4.79 Å². The summed E-state index contributed by atoms with van der Waals surface area (Å²) < 4.78 is 11.0. The van der Waals surface area contributed by atoms with Gasteiger partial charge in [0.05, 0.1) is 18.2 Å². The van der Waals surface area contributed by atoms with Crippen molar-refractivity contribution in [1.29, 1.82) is 0 Å². The van der Waals surface area contributed by atoms with E-state index < -0.39 is 0 Å². The van der Waals surface area contributed by atoms with Crippen molar-refractivity contribution in [3.63, 3.8) is 0 Å². The van der Waals surface area contributed by atoms with Crippen LogP contribution in [-0.4, -0.2) is 43.2 Å². The summed E-state index contributed by atoms with van der Waals surface area (Å²) in [6.07, 6.45) is 4.09. The minimum atomic E-state index is -0.0458. The van der Waals surface area contributed by atoms with Crippen LogP contribution in [0.4, 0.5) is 0 Å². The van der Waals surface area contributed by atoms with Crippen LogP contribution in [0.3, 0.4) is 0 Å². The van der Waals surface area contributed by atoms with Crippen LogP contribution in [0.5, 0.6) is 11.5 Å². The lowest BCUT2D eigenvalue weighted by atomic mass is 10.1. The number of carbonyl (C=O) groups is 1. The molecule has 0 saturated carbocycles. The Morgan fingerprint density at radius 2 is 2.22 bits per heavy atom. The Bertz CT molecular complexity index is 602. The molecule has 1 aliphatic heterocycles. The first-order valence-corrected chi connectivity index (χ1v) is 8.05. The van der Waals surface area contributed by atoms with E-state index in [0.29, 0.717) is 29.6 Å². The van der Waals surface area contributed by atoms with Gasteiger partial charge in [-0.2, -0.15) is 0 Å². The van der Waals surface area contributed by atoms with Crippen LogP contribution < -0.4 is 15.2 Å². The Labute approximate surface area is 142 Å². The maximum atomic E-state index is 12.1. The fourth-order valence-corrected chi connectivity index (χ4v) is 2.71. The Morgan fingerprint density at radius 1 is 1.48 bits per heavy atom. The van der Waals surface area contributed by atoms with Crippen molar-refractivity contribution in [2.45, 2.75) is 32.4 Å². The second-order valence-corrected chi connectivity index (χ2v) is 6.27. The Balaban J connectivity index is 2.15. The standard InChI is InChI=1S/C17H23ClN2O3/c1-11(2)23-17-14(18)8-12(9-15(17)22-3)4-5-16(21)20-7-6-13(19)10-20/h4-5,8-9,11,13H,6-7,10,19H2,1-3H3. The average Bonchev–Trinajstić information content (AvgIpc) is 2.93. The van der Waals surface area contributed by atoms with Gasteiger partial charge in [-0.15, -0.1) is 0 Å². The quantitative estimate of drug-likeness (QED) is 0.838. The molecule has 1 atom stereocenters. The lowest BCUT2D eigenvalue weighted by molar-refractivity contribution is -0.124. The van der Waals surface area contributed by atoms with E-state index in [1.807, 2.05) is 13.8 Å². The lowest BCUT2D eigenvalue weighted by Gasteiger charge is -2.16. The summed E-state index contributed by atoms with van der Waals surface area (Å²) >= 11 is 6.27. The number of benzene rings is 1. The molecule has 0 radical (unpaired) electrons. The molecule has 1 heterocycles. The van der Waals surface area contributed by atoms with Crippen molar-refractivity contribution in [2.75, 3.05) is 20.2 Å². The molecular weight excluding hydrogens is 316 g/mol. The molecule has 1 fully saturated rings. The third-order valence-electron chi connectivity index (χ3n) is 3.56. The van der Waals surface area contributed by atoms with Gasteiger partial charge in [0.2, 0.25) is 5.91 Å². The molecule has 1 saturated heterocycles. The Kier molecular flexibility index (Phi) is 5.91. The van der Waals surface area contributed by atoms with Crippen molar-refractivity contribution in [3.8, 4) is 11.5 Å². The van der Waals surface area contributed by atoms with Gasteiger partial charge in [-0.3, -0.25) is 4.79 Å². The monoisotopic (exact) mass is 338 g/mol. The van der Waals surface area contributed by atoms with Crippen LogP contribution in [-0.2, 0) is 4.79 Å². The normalized spacial score (nSPS) is 18.0. The van der Waals surface area contributed by atoms with Crippen molar-refractivity contribution in [3.05, 3.63) is 28.8 Å². The minimum absolute atomic E-state index is 0.0104. The lowest BCUT2D eigenvalue weighted by Crippen LogP contribution is -2.30. The van der Waals surface area contributed by atoms with Gasteiger partial charge in [0, 0.05) is 25.2 Å². The number of hydrogen-bond acceptors (Lipinski definition) is 4.